The average molecular weight is 298 g/mol. The number of rotatable bonds is 8. The second-order valence-electron chi connectivity index (χ2n) is 6.17. The van der Waals surface area contributed by atoms with E-state index in [-0.39, 0.29) is 5.97 Å². The lowest BCUT2D eigenvalue weighted by atomic mass is 9.77. The molecule has 1 saturated carbocycles. The Balaban J connectivity index is 2.89. The van der Waals surface area contributed by atoms with Crippen LogP contribution in [0.4, 0.5) is 0 Å². The van der Waals surface area contributed by atoms with Crippen LogP contribution in [0.15, 0.2) is 0 Å². The Morgan fingerprint density at radius 3 is 2.62 bits per heavy atom. The molecule has 3 atom stereocenters. The van der Waals surface area contributed by atoms with Gasteiger partial charge in [0.2, 0.25) is 0 Å². The van der Waals surface area contributed by atoms with E-state index >= 15 is 0 Å². The summed E-state index contributed by atoms with van der Waals surface area (Å²) in [6.07, 6.45) is 5.19. The number of carbonyl (C=O) groups excluding carboxylic acids is 1. The van der Waals surface area contributed by atoms with Crippen molar-refractivity contribution >= 4 is 5.97 Å². The summed E-state index contributed by atoms with van der Waals surface area (Å²) < 4.78 is 5.37. The normalized spacial score (nSPS) is 27.6. The molecule has 0 aromatic rings. The van der Waals surface area contributed by atoms with Gasteiger partial charge in [0.05, 0.1) is 6.61 Å². The minimum absolute atomic E-state index is 0.0586. The molecular formula is C17H34N2O2. The molecule has 0 bridgehead atoms. The third-order valence-corrected chi connectivity index (χ3v) is 4.90. The maximum Gasteiger partial charge on any atom is 0.326 e. The van der Waals surface area contributed by atoms with Crippen LogP contribution in [0.3, 0.4) is 0 Å². The Morgan fingerprint density at radius 1 is 1.38 bits per heavy atom. The second-order valence-corrected chi connectivity index (χ2v) is 6.17. The number of nitrogens with zero attached hydrogens (tertiary/aromatic N) is 1. The summed E-state index contributed by atoms with van der Waals surface area (Å²) >= 11 is 0. The molecule has 0 amide bonds. The zero-order valence-corrected chi connectivity index (χ0v) is 14.6. The van der Waals surface area contributed by atoms with E-state index in [0.29, 0.717) is 18.7 Å². The largest absolute Gasteiger partial charge is 0.465 e. The highest BCUT2D eigenvalue weighted by atomic mass is 16.5. The first-order valence-corrected chi connectivity index (χ1v) is 8.72. The molecule has 0 aromatic heterocycles. The van der Waals surface area contributed by atoms with Gasteiger partial charge in [0.15, 0.2) is 0 Å². The predicted molar refractivity (Wildman–Crippen MR) is 87.4 cm³/mol. The van der Waals surface area contributed by atoms with Gasteiger partial charge in [-0.3, -0.25) is 9.69 Å². The van der Waals surface area contributed by atoms with Gasteiger partial charge in [0.1, 0.15) is 5.54 Å². The number of esters is 1. The first-order chi connectivity index (χ1) is 10.0. The lowest BCUT2D eigenvalue weighted by molar-refractivity contribution is -0.154. The Labute approximate surface area is 130 Å². The number of ether oxygens (including phenoxy) is 1. The Morgan fingerprint density at radius 2 is 2.10 bits per heavy atom. The van der Waals surface area contributed by atoms with Crippen LogP contribution in [0.25, 0.3) is 0 Å². The topological polar surface area (TPSA) is 41.6 Å². The van der Waals surface area contributed by atoms with E-state index in [4.69, 9.17) is 4.74 Å². The van der Waals surface area contributed by atoms with Crippen molar-refractivity contribution in [2.45, 2.75) is 84.3 Å². The summed E-state index contributed by atoms with van der Waals surface area (Å²) in [6.45, 7) is 13.0. The third kappa shape index (κ3) is 4.43. The minimum atomic E-state index is -0.478. The number of hydrogen-bond donors (Lipinski definition) is 1. The van der Waals surface area contributed by atoms with Crippen molar-refractivity contribution in [3.63, 3.8) is 0 Å². The number of hydrogen-bond acceptors (Lipinski definition) is 4. The summed E-state index contributed by atoms with van der Waals surface area (Å²) in [5.41, 5.74) is -0.478. The molecule has 0 aromatic carbocycles. The fourth-order valence-corrected chi connectivity index (χ4v) is 3.72. The lowest BCUT2D eigenvalue weighted by Crippen LogP contribution is -2.59. The van der Waals surface area contributed by atoms with E-state index in [1.54, 1.807) is 0 Å². The maximum atomic E-state index is 12.5. The van der Waals surface area contributed by atoms with Crippen LogP contribution in [-0.4, -0.2) is 48.2 Å². The van der Waals surface area contributed by atoms with Crippen molar-refractivity contribution in [3.05, 3.63) is 0 Å². The van der Waals surface area contributed by atoms with Gasteiger partial charge < -0.3 is 10.1 Å². The van der Waals surface area contributed by atoms with Crippen LogP contribution in [0.5, 0.6) is 0 Å². The fraction of sp³-hybridized carbons (Fsp3) is 0.941. The van der Waals surface area contributed by atoms with Crippen molar-refractivity contribution < 1.29 is 9.53 Å². The van der Waals surface area contributed by atoms with E-state index in [0.717, 1.165) is 38.8 Å². The van der Waals surface area contributed by atoms with Crippen LogP contribution in [0, 0.1) is 0 Å². The van der Waals surface area contributed by atoms with E-state index < -0.39 is 5.54 Å². The monoisotopic (exact) mass is 298 g/mol. The predicted octanol–water partition coefficient (Wildman–Crippen LogP) is 2.96. The zero-order chi connectivity index (χ0) is 15.9. The summed E-state index contributed by atoms with van der Waals surface area (Å²) in [5, 5.41) is 3.45. The summed E-state index contributed by atoms with van der Waals surface area (Å²) in [6, 6.07) is 1.04. The second kappa shape index (κ2) is 8.74. The van der Waals surface area contributed by atoms with E-state index in [2.05, 4.69) is 37.9 Å². The van der Waals surface area contributed by atoms with Gasteiger partial charge in [-0.1, -0.05) is 20.8 Å². The van der Waals surface area contributed by atoms with Crippen LogP contribution in [0.2, 0.25) is 0 Å². The van der Waals surface area contributed by atoms with Crippen LogP contribution >= 0.6 is 0 Å². The SMILES string of the molecule is CCNC1(C(=O)OCC)CCCC(N(CC)C(C)CC)C1. The van der Waals surface area contributed by atoms with Crippen molar-refractivity contribution in [2.24, 2.45) is 0 Å². The highest BCUT2D eigenvalue weighted by Crippen LogP contribution is 2.33. The Bertz CT molecular complexity index is 318. The Kier molecular flexibility index (Phi) is 7.67. The molecule has 0 radical (unpaired) electrons. The number of nitrogens with one attached hydrogen (secondary N) is 1. The molecule has 0 heterocycles. The summed E-state index contributed by atoms with van der Waals surface area (Å²) in [7, 11) is 0. The maximum absolute atomic E-state index is 12.5. The molecule has 21 heavy (non-hydrogen) atoms. The van der Waals surface area contributed by atoms with Crippen molar-refractivity contribution in [2.75, 3.05) is 19.7 Å². The van der Waals surface area contributed by atoms with Gasteiger partial charge in [0, 0.05) is 12.1 Å². The van der Waals surface area contributed by atoms with Crippen LogP contribution in [0.1, 0.15) is 66.7 Å². The molecule has 4 nitrogen and oxygen atoms in total. The minimum Gasteiger partial charge on any atom is -0.465 e. The van der Waals surface area contributed by atoms with Crippen LogP contribution < -0.4 is 5.32 Å². The molecule has 0 spiro atoms. The van der Waals surface area contributed by atoms with E-state index in [9.17, 15) is 4.79 Å². The molecule has 0 saturated heterocycles. The summed E-state index contributed by atoms with van der Waals surface area (Å²) in [4.78, 5) is 15.1. The Hall–Kier alpha value is -0.610. The van der Waals surface area contributed by atoms with Crippen molar-refractivity contribution in [1.82, 2.24) is 10.2 Å². The first-order valence-electron chi connectivity index (χ1n) is 8.72. The van der Waals surface area contributed by atoms with Gasteiger partial charge in [-0.25, -0.2) is 0 Å². The molecule has 1 aliphatic rings. The number of likely N-dealkylation sites (N-methyl/N-ethyl adjacent to an activating group) is 1. The average Bonchev–Trinajstić information content (AvgIpc) is 2.48. The van der Waals surface area contributed by atoms with Crippen molar-refractivity contribution in [3.8, 4) is 0 Å². The molecule has 1 aliphatic carbocycles. The fourth-order valence-electron chi connectivity index (χ4n) is 3.72. The van der Waals surface area contributed by atoms with E-state index in [1.165, 1.54) is 6.42 Å². The smallest absolute Gasteiger partial charge is 0.326 e. The van der Waals surface area contributed by atoms with Gasteiger partial charge in [-0.15, -0.1) is 0 Å². The molecule has 4 heteroatoms. The highest BCUT2D eigenvalue weighted by molar-refractivity contribution is 5.81. The lowest BCUT2D eigenvalue weighted by Gasteiger charge is -2.45. The molecule has 1 fully saturated rings. The molecule has 0 aliphatic heterocycles. The third-order valence-electron chi connectivity index (χ3n) is 4.90. The van der Waals surface area contributed by atoms with Crippen LogP contribution in [-0.2, 0) is 9.53 Å². The van der Waals surface area contributed by atoms with Crippen molar-refractivity contribution in [1.29, 1.82) is 0 Å². The van der Waals surface area contributed by atoms with Gasteiger partial charge in [-0.05, 0) is 59.0 Å². The van der Waals surface area contributed by atoms with E-state index in [1.807, 2.05) is 6.92 Å². The molecule has 1 rings (SSSR count). The van der Waals surface area contributed by atoms with Gasteiger partial charge in [0.25, 0.3) is 0 Å². The van der Waals surface area contributed by atoms with Gasteiger partial charge >= 0.3 is 5.97 Å². The first kappa shape index (κ1) is 18.4. The number of carbonyl (C=O) groups is 1. The quantitative estimate of drug-likeness (QED) is 0.700. The molecule has 124 valence electrons. The molecular weight excluding hydrogens is 264 g/mol. The highest BCUT2D eigenvalue weighted by Gasteiger charge is 2.44. The zero-order valence-electron chi connectivity index (χ0n) is 14.6. The molecule has 1 N–H and O–H groups in total. The standard InChI is InChI=1S/C17H34N2O2/c1-6-14(5)19(8-3)15-11-10-12-17(13-15,18-7-2)16(20)21-9-4/h14-15,18H,6-13H2,1-5H3. The molecule has 3 unspecified atom stereocenters. The summed E-state index contributed by atoms with van der Waals surface area (Å²) in [5.74, 6) is -0.0586. The van der Waals surface area contributed by atoms with Gasteiger partial charge in [-0.2, -0.15) is 0 Å².